The standard InChI is InChI=1S/C18H25N3O2S/c1-13-6-7-14(2)16(9-13)22-11-17-19-20-18(23-17)24-12-15-5-4-8-21(3)10-15/h6-7,9,15H,4-5,8,10-12H2,1-3H3/t15-/m0/s1. The maximum Gasteiger partial charge on any atom is 0.276 e. The molecule has 1 aliphatic heterocycles. The van der Waals surface area contributed by atoms with Crippen LogP contribution in [0.2, 0.25) is 0 Å². The molecule has 0 amide bonds. The normalized spacial score (nSPS) is 18.7. The van der Waals surface area contributed by atoms with Crippen LogP contribution in [0.5, 0.6) is 5.75 Å². The largest absolute Gasteiger partial charge is 0.484 e. The zero-order chi connectivity index (χ0) is 16.9. The highest BCUT2D eigenvalue weighted by molar-refractivity contribution is 7.99. The molecule has 2 heterocycles. The van der Waals surface area contributed by atoms with Gasteiger partial charge in [-0.15, -0.1) is 10.2 Å². The minimum atomic E-state index is 0.310. The Morgan fingerprint density at radius 2 is 2.21 bits per heavy atom. The van der Waals surface area contributed by atoms with Gasteiger partial charge in [0.25, 0.3) is 11.1 Å². The van der Waals surface area contributed by atoms with Crippen molar-refractivity contribution >= 4 is 11.8 Å². The predicted octanol–water partition coefficient (Wildman–Crippen LogP) is 3.70. The van der Waals surface area contributed by atoms with Crippen molar-refractivity contribution in [2.75, 3.05) is 25.9 Å². The second kappa shape index (κ2) is 8.03. The van der Waals surface area contributed by atoms with Crippen LogP contribution in [0, 0.1) is 19.8 Å². The molecule has 0 unspecified atom stereocenters. The molecule has 1 atom stereocenters. The van der Waals surface area contributed by atoms with E-state index in [9.17, 15) is 0 Å². The Kier molecular flexibility index (Phi) is 5.79. The molecule has 0 spiro atoms. The van der Waals surface area contributed by atoms with Gasteiger partial charge in [0.05, 0.1) is 0 Å². The van der Waals surface area contributed by atoms with E-state index in [1.807, 2.05) is 13.0 Å². The number of benzene rings is 1. The summed E-state index contributed by atoms with van der Waals surface area (Å²) in [5.41, 5.74) is 2.28. The van der Waals surface area contributed by atoms with E-state index in [2.05, 4.69) is 41.2 Å². The van der Waals surface area contributed by atoms with Gasteiger partial charge in [-0.2, -0.15) is 0 Å². The molecule has 6 heteroatoms. The number of likely N-dealkylation sites (tertiary alicyclic amines) is 1. The molecule has 0 aliphatic carbocycles. The maximum atomic E-state index is 5.81. The van der Waals surface area contributed by atoms with Crippen molar-refractivity contribution in [2.24, 2.45) is 5.92 Å². The summed E-state index contributed by atoms with van der Waals surface area (Å²) in [6, 6.07) is 6.16. The van der Waals surface area contributed by atoms with Gasteiger partial charge in [-0.3, -0.25) is 0 Å². The lowest BCUT2D eigenvalue weighted by Gasteiger charge is -2.28. The first-order valence-electron chi connectivity index (χ1n) is 8.44. The fourth-order valence-electron chi connectivity index (χ4n) is 2.96. The Hall–Kier alpha value is -1.53. The zero-order valence-corrected chi connectivity index (χ0v) is 15.4. The minimum Gasteiger partial charge on any atom is -0.484 e. The Labute approximate surface area is 147 Å². The maximum absolute atomic E-state index is 5.81. The fraction of sp³-hybridized carbons (Fsp3) is 0.556. The van der Waals surface area contributed by atoms with Crippen LogP contribution in [0.1, 0.15) is 29.9 Å². The quantitative estimate of drug-likeness (QED) is 0.743. The lowest BCUT2D eigenvalue weighted by Crippen LogP contribution is -2.33. The van der Waals surface area contributed by atoms with Gasteiger partial charge >= 0.3 is 0 Å². The van der Waals surface area contributed by atoms with Crippen LogP contribution < -0.4 is 4.74 Å². The average Bonchev–Trinajstić information content (AvgIpc) is 3.02. The highest BCUT2D eigenvalue weighted by atomic mass is 32.2. The third kappa shape index (κ3) is 4.74. The van der Waals surface area contributed by atoms with Crippen molar-refractivity contribution in [3.05, 3.63) is 35.2 Å². The number of piperidine rings is 1. The number of ether oxygens (including phenoxy) is 1. The third-order valence-corrected chi connectivity index (χ3v) is 5.36. The number of hydrogen-bond acceptors (Lipinski definition) is 6. The van der Waals surface area contributed by atoms with Gasteiger partial charge in [0, 0.05) is 12.3 Å². The Bertz CT molecular complexity index is 674. The molecule has 1 aliphatic rings. The van der Waals surface area contributed by atoms with Gasteiger partial charge in [0.1, 0.15) is 5.75 Å². The van der Waals surface area contributed by atoms with Crippen LogP contribution in [0.25, 0.3) is 0 Å². The molecule has 0 saturated carbocycles. The highest BCUT2D eigenvalue weighted by Gasteiger charge is 2.18. The highest BCUT2D eigenvalue weighted by Crippen LogP contribution is 2.25. The molecule has 24 heavy (non-hydrogen) atoms. The topological polar surface area (TPSA) is 51.4 Å². The van der Waals surface area contributed by atoms with Gasteiger partial charge in [-0.1, -0.05) is 23.9 Å². The molecule has 2 aromatic rings. The first kappa shape index (κ1) is 17.3. The number of hydrogen-bond donors (Lipinski definition) is 0. The van der Waals surface area contributed by atoms with E-state index in [1.54, 1.807) is 11.8 Å². The van der Waals surface area contributed by atoms with Gasteiger partial charge in [0.2, 0.25) is 0 Å². The smallest absolute Gasteiger partial charge is 0.276 e. The SMILES string of the molecule is Cc1ccc(C)c(OCc2nnc(SC[C@H]3CCCN(C)C3)o2)c1. The van der Waals surface area contributed by atoms with Crippen LogP contribution in [0.3, 0.4) is 0 Å². The lowest BCUT2D eigenvalue weighted by atomic mass is 10.0. The first-order chi connectivity index (χ1) is 11.6. The predicted molar refractivity (Wildman–Crippen MR) is 95.5 cm³/mol. The zero-order valence-electron chi connectivity index (χ0n) is 14.6. The summed E-state index contributed by atoms with van der Waals surface area (Å²) in [7, 11) is 2.19. The molecular weight excluding hydrogens is 322 g/mol. The molecule has 0 bridgehead atoms. The third-order valence-electron chi connectivity index (χ3n) is 4.31. The molecule has 0 N–H and O–H groups in total. The van der Waals surface area contributed by atoms with Crippen molar-refractivity contribution in [1.82, 2.24) is 15.1 Å². The van der Waals surface area contributed by atoms with Crippen molar-refractivity contribution in [3.63, 3.8) is 0 Å². The van der Waals surface area contributed by atoms with Gasteiger partial charge in [0.15, 0.2) is 6.61 Å². The van der Waals surface area contributed by atoms with Crippen molar-refractivity contribution in [3.8, 4) is 5.75 Å². The number of rotatable bonds is 6. The average molecular weight is 347 g/mol. The van der Waals surface area contributed by atoms with Gasteiger partial charge in [-0.25, -0.2) is 0 Å². The number of aromatic nitrogens is 2. The van der Waals surface area contributed by atoms with Crippen molar-refractivity contribution in [1.29, 1.82) is 0 Å². The molecule has 1 fully saturated rings. The summed E-state index contributed by atoms with van der Waals surface area (Å²) < 4.78 is 11.5. The minimum absolute atomic E-state index is 0.310. The number of nitrogens with zero attached hydrogens (tertiary/aromatic N) is 3. The molecule has 130 valence electrons. The molecule has 3 rings (SSSR count). The van der Waals surface area contributed by atoms with E-state index in [0.717, 1.165) is 23.6 Å². The van der Waals surface area contributed by atoms with Gasteiger partial charge < -0.3 is 14.1 Å². The van der Waals surface area contributed by atoms with E-state index in [4.69, 9.17) is 9.15 Å². The summed E-state index contributed by atoms with van der Waals surface area (Å²) in [5.74, 6) is 3.13. The molecule has 5 nitrogen and oxygen atoms in total. The van der Waals surface area contributed by atoms with E-state index in [1.165, 1.54) is 24.9 Å². The number of aryl methyl sites for hydroxylation is 2. The van der Waals surface area contributed by atoms with E-state index in [0.29, 0.717) is 23.6 Å². The summed E-state index contributed by atoms with van der Waals surface area (Å²) in [5, 5.41) is 8.86. The van der Waals surface area contributed by atoms with Crippen molar-refractivity contribution in [2.45, 2.75) is 38.5 Å². The molecule has 1 aromatic heterocycles. The molecule has 0 radical (unpaired) electrons. The van der Waals surface area contributed by atoms with Crippen LogP contribution in [-0.2, 0) is 6.61 Å². The summed E-state index contributed by atoms with van der Waals surface area (Å²) >= 11 is 1.65. The van der Waals surface area contributed by atoms with E-state index in [-0.39, 0.29) is 0 Å². The molecular formula is C18H25N3O2S. The lowest BCUT2D eigenvalue weighted by molar-refractivity contribution is 0.224. The summed E-state index contributed by atoms with van der Waals surface area (Å²) in [4.78, 5) is 2.39. The molecule has 1 saturated heterocycles. The Balaban J connectivity index is 1.49. The van der Waals surface area contributed by atoms with E-state index < -0.39 is 0 Å². The van der Waals surface area contributed by atoms with Gasteiger partial charge in [-0.05, 0) is 63.4 Å². The first-order valence-corrected chi connectivity index (χ1v) is 9.42. The van der Waals surface area contributed by atoms with Crippen LogP contribution in [0.4, 0.5) is 0 Å². The Morgan fingerprint density at radius 3 is 3.04 bits per heavy atom. The second-order valence-electron chi connectivity index (χ2n) is 6.60. The Morgan fingerprint density at radius 1 is 1.33 bits per heavy atom. The summed E-state index contributed by atoms with van der Waals surface area (Å²) in [6.07, 6.45) is 2.56. The monoisotopic (exact) mass is 347 g/mol. The van der Waals surface area contributed by atoms with Crippen molar-refractivity contribution < 1.29 is 9.15 Å². The fourth-order valence-corrected chi connectivity index (χ4v) is 3.86. The van der Waals surface area contributed by atoms with Crippen LogP contribution >= 0.6 is 11.8 Å². The summed E-state index contributed by atoms with van der Waals surface area (Å²) in [6.45, 7) is 6.76. The number of thioether (sulfide) groups is 1. The molecule has 1 aromatic carbocycles. The second-order valence-corrected chi connectivity index (χ2v) is 7.57. The van der Waals surface area contributed by atoms with E-state index >= 15 is 0 Å². The van der Waals surface area contributed by atoms with Crippen LogP contribution in [-0.4, -0.2) is 41.0 Å². The van der Waals surface area contributed by atoms with Crippen LogP contribution in [0.15, 0.2) is 27.8 Å².